The number of benzene rings is 1. The zero-order valence-electron chi connectivity index (χ0n) is 12.1. The second-order valence-corrected chi connectivity index (χ2v) is 5.39. The first-order chi connectivity index (χ1) is 10.8. The van der Waals surface area contributed by atoms with Crippen molar-refractivity contribution in [1.82, 2.24) is 15.0 Å². The van der Waals surface area contributed by atoms with Gasteiger partial charge >= 0.3 is 6.18 Å². The molecule has 2 aromatic rings. The van der Waals surface area contributed by atoms with Gasteiger partial charge in [0.2, 0.25) is 0 Å². The fraction of sp³-hybridized carbons (Fsp3) is 0.231. The predicted molar refractivity (Wildman–Crippen MR) is 80.7 cm³/mol. The third kappa shape index (κ3) is 4.25. The van der Waals surface area contributed by atoms with Gasteiger partial charge in [0.25, 0.3) is 5.91 Å². The van der Waals surface area contributed by atoms with E-state index in [-0.39, 0.29) is 0 Å². The van der Waals surface area contributed by atoms with E-state index in [1.165, 1.54) is 6.21 Å². The van der Waals surface area contributed by atoms with Gasteiger partial charge in [-0.15, -0.1) is 5.10 Å². The van der Waals surface area contributed by atoms with Crippen molar-refractivity contribution in [3.8, 4) is 0 Å². The van der Waals surface area contributed by atoms with Crippen molar-refractivity contribution >= 4 is 29.3 Å². The number of aromatic nitrogens is 2. The molecule has 0 atom stereocenters. The van der Waals surface area contributed by atoms with Gasteiger partial charge in [0.05, 0.1) is 6.21 Å². The molecule has 0 bridgehead atoms. The summed E-state index contributed by atoms with van der Waals surface area (Å²) in [4.78, 5) is 13.0. The fourth-order valence-corrected chi connectivity index (χ4v) is 2.18. The van der Waals surface area contributed by atoms with Crippen molar-refractivity contribution in [3.63, 3.8) is 0 Å². The van der Waals surface area contributed by atoms with Crippen LogP contribution >= 0.6 is 11.5 Å². The average molecular weight is 343 g/mol. The molecule has 1 N–H and O–H groups in total. The molecule has 0 saturated heterocycles. The Bertz CT molecular complexity index is 709. The molecule has 1 heterocycles. The van der Waals surface area contributed by atoms with Crippen LogP contribution < -0.4 is 10.3 Å². The molecule has 0 saturated carbocycles. The lowest BCUT2D eigenvalue weighted by atomic mass is 10.2. The summed E-state index contributed by atoms with van der Waals surface area (Å²) in [6, 6.07) is 7.22. The molecular weight excluding hydrogens is 331 g/mol. The van der Waals surface area contributed by atoms with Crippen molar-refractivity contribution in [2.24, 2.45) is 5.10 Å². The number of nitrogens with zero attached hydrogens (tertiary/aromatic N) is 4. The number of nitrogens with one attached hydrogen (secondary N) is 1. The topological polar surface area (TPSA) is 70.5 Å². The Morgan fingerprint density at radius 1 is 1.30 bits per heavy atom. The van der Waals surface area contributed by atoms with Crippen LogP contribution in [0.4, 0.5) is 18.9 Å². The number of alkyl halides is 3. The second-order valence-electron chi connectivity index (χ2n) is 4.63. The van der Waals surface area contributed by atoms with Crippen LogP contribution in [-0.2, 0) is 6.18 Å². The van der Waals surface area contributed by atoms with Crippen molar-refractivity contribution in [1.29, 1.82) is 0 Å². The summed E-state index contributed by atoms with van der Waals surface area (Å²) < 4.78 is 41.0. The van der Waals surface area contributed by atoms with E-state index in [4.69, 9.17) is 0 Å². The van der Waals surface area contributed by atoms with Gasteiger partial charge in [-0.25, -0.2) is 5.43 Å². The normalized spacial score (nSPS) is 11.7. The minimum Gasteiger partial charge on any atom is -0.378 e. The third-order valence-electron chi connectivity index (χ3n) is 2.75. The van der Waals surface area contributed by atoms with Crippen molar-refractivity contribution in [2.75, 3.05) is 19.0 Å². The van der Waals surface area contributed by atoms with Crippen LogP contribution in [-0.4, -0.2) is 35.8 Å². The van der Waals surface area contributed by atoms with Gasteiger partial charge in [-0.2, -0.15) is 18.3 Å². The van der Waals surface area contributed by atoms with E-state index in [1.54, 1.807) is 12.1 Å². The first-order valence-electron chi connectivity index (χ1n) is 6.29. The van der Waals surface area contributed by atoms with Crippen LogP contribution in [0.15, 0.2) is 29.4 Å². The molecule has 0 fully saturated rings. The first-order valence-corrected chi connectivity index (χ1v) is 7.06. The summed E-state index contributed by atoms with van der Waals surface area (Å²) in [5, 5.41) is 6.57. The SMILES string of the molecule is CN(C)c1ccc(/C=N/NC(=O)c2snnc2C(F)(F)F)cc1. The predicted octanol–water partition coefficient (Wildman–Crippen LogP) is 2.39. The molecule has 1 amide bonds. The second kappa shape index (κ2) is 6.73. The van der Waals surface area contributed by atoms with Crippen LogP contribution in [0.5, 0.6) is 0 Å². The quantitative estimate of drug-likeness (QED) is 0.684. The zero-order valence-corrected chi connectivity index (χ0v) is 12.9. The van der Waals surface area contributed by atoms with E-state index in [0.717, 1.165) is 5.69 Å². The van der Waals surface area contributed by atoms with Crippen LogP contribution in [0.25, 0.3) is 0 Å². The van der Waals surface area contributed by atoms with Gasteiger partial charge in [0, 0.05) is 19.8 Å². The minimum atomic E-state index is -4.73. The lowest BCUT2D eigenvalue weighted by Gasteiger charge is -2.11. The Balaban J connectivity index is 2.03. The number of hydrazone groups is 1. The maximum absolute atomic E-state index is 12.6. The highest BCUT2D eigenvalue weighted by molar-refractivity contribution is 7.08. The van der Waals surface area contributed by atoms with Crippen LogP contribution in [0.3, 0.4) is 0 Å². The average Bonchev–Trinajstić information content (AvgIpc) is 2.97. The molecule has 1 aromatic heterocycles. The molecule has 1 aromatic carbocycles. The Morgan fingerprint density at radius 3 is 2.52 bits per heavy atom. The molecule has 0 aliphatic heterocycles. The number of hydrogen-bond acceptors (Lipinski definition) is 6. The van der Waals surface area contributed by atoms with Crippen LogP contribution in [0, 0.1) is 0 Å². The molecule has 0 unspecified atom stereocenters. The van der Waals surface area contributed by atoms with Gasteiger partial charge in [-0.3, -0.25) is 4.79 Å². The first kappa shape index (κ1) is 16.9. The van der Waals surface area contributed by atoms with Crippen molar-refractivity contribution in [3.05, 3.63) is 40.4 Å². The number of rotatable bonds is 4. The van der Waals surface area contributed by atoms with Crippen molar-refractivity contribution in [2.45, 2.75) is 6.18 Å². The lowest BCUT2D eigenvalue weighted by Crippen LogP contribution is -2.21. The van der Waals surface area contributed by atoms with Gasteiger partial charge in [0.1, 0.15) is 4.88 Å². The Hall–Kier alpha value is -2.49. The Kier molecular flexibility index (Phi) is 4.94. The summed E-state index contributed by atoms with van der Waals surface area (Å²) in [6.07, 6.45) is -3.40. The Morgan fingerprint density at radius 2 is 1.96 bits per heavy atom. The van der Waals surface area contributed by atoms with E-state index in [0.29, 0.717) is 17.1 Å². The maximum atomic E-state index is 12.6. The van der Waals surface area contributed by atoms with E-state index >= 15 is 0 Å². The fourth-order valence-electron chi connectivity index (χ4n) is 1.60. The molecule has 122 valence electrons. The number of anilines is 1. The molecular formula is C13H12F3N5OS. The summed E-state index contributed by atoms with van der Waals surface area (Å²) in [5.41, 5.74) is 2.39. The highest BCUT2D eigenvalue weighted by Gasteiger charge is 2.39. The number of carbonyl (C=O) groups excluding carboxylic acids is 1. The Labute approximate surface area is 133 Å². The van der Waals surface area contributed by atoms with Gasteiger partial charge in [0.15, 0.2) is 5.69 Å². The number of hydrogen-bond donors (Lipinski definition) is 1. The highest BCUT2D eigenvalue weighted by Crippen LogP contribution is 2.31. The van der Waals surface area contributed by atoms with E-state index < -0.39 is 22.7 Å². The molecule has 0 aliphatic carbocycles. The molecule has 0 spiro atoms. The van der Waals surface area contributed by atoms with E-state index in [2.05, 4.69) is 14.7 Å². The number of carbonyl (C=O) groups is 1. The standard InChI is InChI=1S/C13H12F3N5OS/c1-21(2)9-5-3-8(4-6-9)7-17-19-12(22)10-11(13(14,15)16)18-20-23-10/h3-7H,1-2H3,(H,19,22)/b17-7+. The van der Waals surface area contributed by atoms with Crippen LogP contribution in [0.1, 0.15) is 20.9 Å². The van der Waals surface area contributed by atoms with E-state index in [1.807, 2.05) is 36.6 Å². The molecule has 10 heteroatoms. The summed E-state index contributed by atoms with van der Waals surface area (Å²) in [6.45, 7) is 0. The summed E-state index contributed by atoms with van der Waals surface area (Å²) in [7, 11) is 3.79. The zero-order chi connectivity index (χ0) is 17.0. The molecule has 23 heavy (non-hydrogen) atoms. The minimum absolute atomic E-state index is 0.363. The van der Waals surface area contributed by atoms with Gasteiger partial charge in [-0.1, -0.05) is 16.6 Å². The van der Waals surface area contributed by atoms with E-state index in [9.17, 15) is 18.0 Å². The third-order valence-corrected chi connectivity index (χ3v) is 3.48. The summed E-state index contributed by atoms with van der Waals surface area (Å²) in [5.74, 6) is -1.01. The van der Waals surface area contributed by atoms with Crippen molar-refractivity contribution < 1.29 is 18.0 Å². The van der Waals surface area contributed by atoms with Gasteiger partial charge < -0.3 is 4.90 Å². The monoisotopic (exact) mass is 343 g/mol. The highest BCUT2D eigenvalue weighted by atomic mass is 32.1. The molecule has 2 rings (SSSR count). The smallest absolute Gasteiger partial charge is 0.378 e. The molecule has 6 nitrogen and oxygen atoms in total. The number of amides is 1. The maximum Gasteiger partial charge on any atom is 0.436 e. The van der Waals surface area contributed by atoms with Crippen LogP contribution in [0.2, 0.25) is 0 Å². The molecule has 0 aliphatic rings. The molecule has 0 radical (unpaired) electrons. The lowest BCUT2D eigenvalue weighted by molar-refractivity contribution is -0.141. The largest absolute Gasteiger partial charge is 0.436 e. The number of halogens is 3. The van der Waals surface area contributed by atoms with Gasteiger partial charge in [-0.05, 0) is 29.2 Å². The summed E-state index contributed by atoms with van der Waals surface area (Å²) >= 11 is 0.363.